The molecule has 1 saturated heterocycles. The number of benzene rings is 1. The lowest BCUT2D eigenvalue weighted by Gasteiger charge is -2.35. The van der Waals surface area contributed by atoms with Crippen LogP contribution in [0.2, 0.25) is 0 Å². The van der Waals surface area contributed by atoms with Crippen molar-refractivity contribution in [3.8, 4) is 5.69 Å². The van der Waals surface area contributed by atoms with Crippen molar-refractivity contribution in [2.75, 3.05) is 31.5 Å². The van der Waals surface area contributed by atoms with Crippen molar-refractivity contribution in [2.45, 2.75) is 13.0 Å². The van der Waals surface area contributed by atoms with Gasteiger partial charge in [0.15, 0.2) is 0 Å². The summed E-state index contributed by atoms with van der Waals surface area (Å²) in [5.41, 5.74) is 0.987. The molecule has 152 valence electrons. The second-order valence-electron chi connectivity index (χ2n) is 7.17. The Morgan fingerprint density at radius 3 is 2.97 bits per heavy atom. The SMILES string of the molecule is Cc1cc(NC(=O)CN2CCNCC2c2nccn2C)n(-c2ccccc2F)n1. The summed E-state index contributed by atoms with van der Waals surface area (Å²) in [6, 6.07) is 8.10. The van der Waals surface area contributed by atoms with Gasteiger partial charge in [0.25, 0.3) is 0 Å². The maximum Gasteiger partial charge on any atom is 0.239 e. The molecule has 3 heterocycles. The first-order valence-electron chi connectivity index (χ1n) is 9.56. The van der Waals surface area contributed by atoms with Gasteiger partial charge in [-0.15, -0.1) is 0 Å². The minimum atomic E-state index is -0.400. The number of nitrogens with one attached hydrogen (secondary N) is 2. The van der Waals surface area contributed by atoms with E-state index in [1.165, 1.54) is 10.7 Å². The van der Waals surface area contributed by atoms with Gasteiger partial charge in [-0.3, -0.25) is 9.69 Å². The molecule has 0 radical (unpaired) electrons. The monoisotopic (exact) mass is 397 g/mol. The first-order chi connectivity index (χ1) is 14.0. The van der Waals surface area contributed by atoms with Crippen LogP contribution >= 0.6 is 0 Å². The molecule has 1 aliphatic heterocycles. The summed E-state index contributed by atoms with van der Waals surface area (Å²) in [4.78, 5) is 19.4. The molecule has 8 nitrogen and oxygen atoms in total. The molecule has 1 aromatic carbocycles. The Balaban J connectivity index is 1.52. The molecule has 0 saturated carbocycles. The van der Waals surface area contributed by atoms with E-state index in [9.17, 15) is 9.18 Å². The molecule has 9 heteroatoms. The number of aromatic nitrogens is 4. The Bertz CT molecular complexity index is 1010. The molecule has 2 aromatic heterocycles. The van der Waals surface area contributed by atoms with Gasteiger partial charge in [-0.25, -0.2) is 14.1 Å². The number of amides is 1. The number of carbonyl (C=O) groups excluding carboxylic acids is 1. The van der Waals surface area contributed by atoms with Gasteiger partial charge in [-0.05, 0) is 19.1 Å². The Labute approximate surface area is 168 Å². The summed E-state index contributed by atoms with van der Waals surface area (Å²) >= 11 is 0. The van der Waals surface area contributed by atoms with Crippen LogP contribution in [0, 0.1) is 12.7 Å². The number of anilines is 1. The summed E-state index contributed by atoms with van der Waals surface area (Å²) < 4.78 is 17.6. The van der Waals surface area contributed by atoms with Crippen molar-refractivity contribution >= 4 is 11.7 Å². The van der Waals surface area contributed by atoms with Crippen molar-refractivity contribution in [2.24, 2.45) is 7.05 Å². The molecule has 0 spiro atoms. The average Bonchev–Trinajstić information content (AvgIpc) is 3.28. The van der Waals surface area contributed by atoms with Crippen LogP contribution in [-0.4, -0.2) is 56.3 Å². The van der Waals surface area contributed by atoms with Gasteiger partial charge in [-0.2, -0.15) is 5.10 Å². The van der Waals surface area contributed by atoms with Gasteiger partial charge in [0.05, 0.1) is 18.3 Å². The molecular formula is C20H24FN7O. The largest absolute Gasteiger partial charge is 0.337 e. The molecule has 4 rings (SSSR count). The highest BCUT2D eigenvalue weighted by Crippen LogP contribution is 2.22. The number of halogens is 1. The van der Waals surface area contributed by atoms with Crippen LogP contribution in [0.25, 0.3) is 5.69 Å². The number of carbonyl (C=O) groups is 1. The molecule has 1 atom stereocenters. The third-order valence-electron chi connectivity index (χ3n) is 5.04. The predicted octanol–water partition coefficient (Wildman–Crippen LogP) is 1.64. The topological polar surface area (TPSA) is 80.0 Å². The van der Waals surface area contributed by atoms with Crippen molar-refractivity contribution in [3.05, 3.63) is 60.1 Å². The number of para-hydroxylation sites is 1. The van der Waals surface area contributed by atoms with Gasteiger partial charge in [-0.1, -0.05) is 12.1 Å². The zero-order valence-electron chi connectivity index (χ0n) is 16.5. The minimum absolute atomic E-state index is 0.00714. The van der Waals surface area contributed by atoms with Gasteiger partial charge in [0, 0.05) is 45.1 Å². The second kappa shape index (κ2) is 8.14. The first-order valence-corrected chi connectivity index (χ1v) is 9.56. The van der Waals surface area contributed by atoms with E-state index in [0.717, 1.165) is 25.5 Å². The van der Waals surface area contributed by atoms with Crippen LogP contribution < -0.4 is 10.6 Å². The molecule has 1 amide bonds. The fraction of sp³-hybridized carbons (Fsp3) is 0.350. The smallest absolute Gasteiger partial charge is 0.239 e. The van der Waals surface area contributed by atoms with Gasteiger partial charge >= 0.3 is 0 Å². The highest BCUT2D eigenvalue weighted by molar-refractivity contribution is 5.91. The third kappa shape index (κ3) is 4.06. The number of imidazole rings is 1. The first kappa shape index (κ1) is 19.3. The standard InChI is InChI=1S/C20H24FN7O/c1-14-11-18(28(25-14)16-6-4-3-5-15(16)21)24-19(29)13-27-10-7-22-12-17(27)20-23-8-9-26(20)2/h3-6,8-9,11,17,22H,7,10,12-13H2,1-2H3,(H,24,29). The number of piperazine rings is 1. The number of hydrogen-bond acceptors (Lipinski definition) is 5. The Morgan fingerprint density at radius 2 is 2.21 bits per heavy atom. The van der Waals surface area contributed by atoms with E-state index >= 15 is 0 Å². The van der Waals surface area contributed by atoms with E-state index in [-0.39, 0.29) is 18.5 Å². The highest BCUT2D eigenvalue weighted by Gasteiger charge is 2.28. The van der Waals surface area contributed by atoms with Crippen molar-refractivity contribution in [3.63, 3.8) is 0 Å². The maximum atomic E-state index is 14.2. The normalized spacial score (nSPS) is 17.4. The lowest BCUT2D eigenvalue weighted by Crippen LogP contribution is -2.49. The summed E-state index contributed by atoms with van der Waals surface area (Å²) in [6.45, 7) is 4.28. The molecule has 1 fully saturated rings. The Morgan fingerprint density at radius 1 is 1.38 bits per heavy atom. The van der Waals surface area contributed by atoms with Crippen LogP contribution in [0.1, 0.15) is 17.6 Å². The molecular weight excluding hydrogens is 373 g/mol. The lowest BCUT2D eigenvalue weighted by atomic mass is 10.1. The van der Waals surface area contributed by atoms with E-state index in [4.69, 9.17) is 0 Å². The maximum absolute atomic E-state index is 14.2. The van der Waals surface area contributed by atoms with E-state index in [2.05, 4.69) is 25.6 Å². The van der Waals surface area contributed by atoms with Crippen LogP contribution in [0.15, 0.2) is 42.7 Å². The minimum Gasteiger partial charge on any atom is -0.337 e. The van der Waals surface area contributed by atoms with E-state index in [1.54, 1.807) is 37.4 Å². The van der Waals surface area contributed by atoms with Gasteiger partial charge in [0.1, 0.15) is 23.1 Å². The molecule has 2 N–H and O–H groups in total. The average molecular weight is 397 g/mol. The zero-order chi connectivity index (χ0) is 20.4. The summed E-state index contributed by atoms with van der Waals surface area (Å²) in [7, 11) is 1.95. The molecule has 1 aliphatic rings. The predicted molar refractivity (Wildman–Crippen MR) is 107 cm³/mol. The Hall–Kier alpha value is -3.04. The van der Waals surface area contributed by atoms with Crippen LogP contribution in [0.3, 0.4) is 0 Å². The van der Waals surface area contributed by atoms with Crippen molar-refractivity contribution in [1.29, 1.82) is 0 Å². The summed E-state index contributed by atoms with van der Waals surface area (Å²) in [5.74, 6) is 0.783. The fourth-order valence-corrected chi connectivity index (χ4v) is 3.65. The Kier molecular flexibility index (Phi) is 5.41. The second-order valence-corrected chi connectivity index (χ2v) is 7.17. The van der Waals surface area contributed by atoms with Crippen molar-refractivity contribution in [1.82, 2.24) is 29.5 Å². The number of nitrogens with zero attached hydrogens (tertiary/aromatic N) is 5. The van der Waals surface area contributed by atoms with Gasteiger partial charge < -0.3 is 15.2 Å². The summed E-state index contributed by atoms with van der Waals surface area (Å²) in [5, 5.41) is 10.6. The number of rotatable bonds is 5. The highest BCUT2D eigenvalue weighted by atomic mass is 19.1. The zero-order valence-corrected chi connectivity index (χ0v) is 16.5. The molecule has 0 aliphatic carbocycles. The molecule has 0 bridgehead atoms. The summed E-state index contributed by atoms with van der Waals surface area (Å²) in [6.07, 6.45) is 3.66. The number of aryl methyl sites for hydroxylation is 2. The fourth-order valence-electron chi connectivity index (χ4n) is 3.65. The number of hydrogen-bond donors (Lipinski definition) is 2. The van der Waals surface area contributed by atoms with Crippen molar-refractivity contribution < 1.29 is 9.18 Å². The van der Waals surface area contributed by atoms with Gasteiger partial charge in [0.2, 0.25) is 5.91 Å². The van der Waals surface area contributed by atoms with E-state index in [1.807, 2.05) is 17.8 Å². The van der Waals surface area contributed by atoms with E-state index in [0.29, 0.717) is 17.2 Å². The quantitative estimate of drug-likeness (QED) is 0.684. The molecule has 29 heavy (non-hydrogen) atoms. The third-order valence-corrected chi connectivity index (χ3v) is 5.04. The lowest BCUT2D eigenvalue weighted by molar-refractivity contribution is -0.118. The van der Waals surface area contributed by atoms with E-state index < -0.39 is 5.82 Å². The molecule has 3 aromatic rings. The van der Waals surface area contributed by atoms with Crippen LogP contribution in [0.5, 0.6) is 0 Å². The van der Waals surface area contributed by atoms with Crippen LogP contribution in [-0.2, 0) is 11.8 Å². The van der Waals surface area contributed by atoms with Crippen LogP contribution in [0.4, 0.5) is 10.2 Å². The molecule has 1 unspecified atom stereocenters.